The average molecular weight is 460 g/mol. The number of carbonyl (C=O) groups excluding carboxylic acids is 2. The van der Waals surface area contributed by atoms with Crippen LogP contribution in [0.15, 0.2) is 18.2 Å². The lowest BCUT2D eigenvalue weighted by molar-refractivity contribution is 0.0601. The first kappa shape index (κ1) is 22.4. The van der Waals surface area contributed by atoms with Gasteiger partial charge in [0.15, 0.2) is 5.11 Å². The molecule has 1 aromatic carbocycles. The molecule has 0 aliphatic rings. The number of hydrogen-bond acceptors (Lipinski definition) is 5. The highest BCUT2D eigenvalue weighted by atomic mass is 35.5. The zero-order valence-electron chi connectivity index (χ0n) is 15.7. The molecule has 0 aliphatic heterocycles. The van der Waals surface area contributed by atoms with Crippen molar-refractivity contribution in [1.82, 2.24) is 10.2 Å². The molecule has 1 heterocycles. The third kappa shape index (κ3) is 5.14. The Balaban J connectivity index is 2.21. The van der Waals surface area contributed by atoms with Crippen molar-refractivity contribution in [3.05, 3.63) is 49.8 Å². The van der Waals surface area contributed by atoms with Gasteiger partial charge in [-0.1, -0.05) is 29.3 Å². The summed E-state index contributed by atoms with van der Waals surface area (Å²) in [5.41, 5.74) is 1.64. The highest BCUT2D eigenvalue weighted by Crippen LogP contribution is 2.34. The summed E-state index contributed by atoms with van der Waals surface area (Å²) < 4.78 is 4.86. The van der Waals surface area contributed by atoms with E-state index in [2.05, 4.69) is 10.6 Å². The highest BCUT2D eigenvalue weighted by Gasteiger charge is 2.26. The molecule has 6 nitrogen and oxygen atoms in total. The van der Waals surface area contributed by atoms with Crippen LogP contribution >= 0.6 is 46.8 Å². The fourth-order valence-electron chi connectivity index (χ4n) is 2.34. The van der Waals surface area contributed by atoms with Crippen molar-refractivity contribution in [3.8, 4) is 0 Å². The molecule has 0 bridgehead atoms. The van der Waals surface area contributed by atoms with Gasteiger partial charge in [0.2, 0.25) is 0 Å². The van der Waals surface area contributed by atoms with Gasteiger partial charge in [-0.2, -0.15) is 0 Å². The standard InChI is InChI=1S/C18H19Cl2N3O3S2/c1-9-13(17(25)26-4)15(28-14(9)16(24)23(2)3)22-18(27)21-8-10-5-6-11(19)7-12(10)20/h5-7H,8H2,1-4H3,(H2,21,22,27). The number of amides is 1. The van der Waals surface area contributed by atoms with Crippen LogP contribution in [0.1, 0.15) is 31.2 Å². The van der Waals surface area contributed by atoms with Gasteiger partial charge in [0.25, 0.3) is 5.91 Å². The summed E-state index contributed by atoms with van der Waals surface area (Å²) in [6, 6.07) is 5.18. The predicted molar refractivity (Wildman–Crippen MR) is 118 cm³/mol. The van der Waals surface area contributed by atoms with Crippen molar-refractivity contribution in [2.75, 3.05) is 26.5 Å². The Labute approximate surface area is 182 Å². The lowest BCUT2D eigenvalue weighted by atomic mass is 10.1. The topological polar surface area (TPSA) is 70.7 Å². The highest BCUT2D eigenvalue weighted by molar-refractivity contribution is 7.80. The SMILES string of the molecule is COC(=O)c1c(NC(=S)NCc2ccc(Cl)cc2Cl)sc(C(=O)N(C)C)c1C. The maximum absolute atomic E-state index is 12.4. The van der Waals surface area contributed by atoms with E-state index < -0.39 is 5.97 Å². The minimum absolute atomic E-state index is 0.201. The van der Waals surface area contributed by atoms with E-state index in [-0.39, 0.29) is 16.6 Å². The van der Waals surface area contributed by atoms with E-state index in [0.717, 1.165) is 16.9 Å². The minimum atomic E-state index is -0.544. The predicted octanol–water partition coefficient (Wildman–Crippen LogP) is 4.34. The van der Waals surface area contributed by atoms with Gasteiger partial charge in [-0.3, -0.25) is 4.79 Å². The number of methoxy groups -OCH3 is 1. The number of thiophene rings is 1. The number of thiocarbonyl (C=S) groups is 1. The van der Waals surface area contributed by atoms with Gasteiger partial charge in [0, 0.05) is 30.7 Å². The van der Waals surface area contributed by atoms with Gasteiger partial charge in [-0.15, -0.1) is 11.3 Å². The lowest BCUT2D eigenvalue weighted by Crippen LogP contribution is -2.28. The largest absolute Gasteiger partial charge is 0.465 e. The molecule has 0 aliphatic carbocycles. The van der Waals surface area contributed by atoms with Crippen LogP contribution in [0.3, 0.4) is 0 Å². The Morgan fingerprint density at radius 1 is 1.29 bits per heavy atom. The summed E-state index contributed by atoms with van der Waals surface area (Å²) in [6.45, 7) is 2.07. The molecule has 28 heavy (non-hydrogen) atoms. The van der Waals surface area contributed by atoms with Gasteiger partial charge < -0.3 is 20.3 Å². The summed E-state index contributed by atoms with van der Waals surface area (Å²) in [7, 11) is 4.58. The molecular formula is C18H19Cl2N3O3S2. The number of benzene rings is 1. The number of halogens is 2. The zero-order valence-corrected chi connectivity index (χ0v) is 18.8. The van der Waals surface area contributed by atoms with Crippen LogP contribution < -0.4 is 10.6 Å². The molecule has 1 amide bonds. The van der Waals surface area contributed by atoms with Crippen molar-refractivity contribution in [2.24, 2.45) is 0 Å². The lowest BCUT2D eigenvalue weighted by Gasteiger charge is -2.11. The number of rotatable bonds is 5. The van der Waals surface area contributed by atoms with Crippen LogP contribution in [0.25, 0.3) is 0 Å². The Kier molecular flexibility index (Phi) is 7.65. The van der Waals surface area contributed by atoms with E-state index in [1.54, 1.807) is 39.2 Å². The number of nitrogens with zero attached hydrogens (tertiary/aromatic N) is 1. The molecule has 0 saturated carbocycles. The third-order valence-corrected chi connectivity index (χ3v) is 5.85. The molecule has 0 spiro atoms. The van der Waals surface area contributed by atoms with Crippen LogP contribution in [-0.4, -0.2) is 43.1 Å². The number of hydrogen-bond donors (Lipinski definition) is 2. The number of nitrogens with one attached hydrogen (secondary N) is 2. The van der Waals surface area contributed by atoms with Crippen molar-refractivity contribution < 1.29 is 14.3 Å². The molecule has 0 unspecified atom stereocenters. The zero-order chi connectivity index (χ0) is 21.0. The third-order valence-electron chi connectivity index (χ3n) is 3.82. The van der Waals surface area contributed by atoms with Crippen molar-refractivity contribution in [2.45, 2.75) is 13.5 Å². The first-order chi connectivity index (χ1) is 13.1. The second-order valence-electron chi connectivity index (χ2n) is 5.99. The molecular weight excluding hydrogens is 441 g/mol. The Hall–Kier alpha value is -1.87. The molecule has 0 saturated heterocycles. The minimum Gasteiger partial charge on any atom is -0.465 e. The second-order valence-corrected chi connectivity index (χ2v) is 8.27. The quantitative estimate of drug-likeness (QED) is 0.511. The average Bonchev–Trinajstić information content (AvgIpc) is 2.95. The summed E-state index contributed by atoms with van der Waals surface area (Å²) >= 11 is 18.5. The van der Waals surface area contributed by atoms with Gasteiger partial charge in [-0.05, 0) is 42.4 Å². The molecule has 2 N–H and O–H groups in total. The molecule has 1 aromatic heterocycles. The first-order valence-electron chi connectivity index (χ1n) is 8.07. The first-order valence-corrected chi connectivity index (χ1v) is 10.1. The summed E-state index contributed by atoms with van der Waals surface area (Å²) in [5.74, 6) is -0.745. The van der Waals surface area contributed by atoms with Gasteiger partial charge in [0.05, 0.1) is 17.6 Å². The van der Waals surface area contributed by atoms with E-state index >= 15 is 0 Å². The molecule has 150 valence electrons. The van der Waals surface area contributed by atoms with E-state index in [1.165, 1.54) is 12.0 Å². The van der Waals surface area contributed by atoms with Crippen molar-refractivity contribution >= 4 is 68.7 Å². The summed E-state index contributed by atoms with van der Waals surface area (Å²) in [5, 5.41) is 7.79. The number of esters is 1. The number of carbonyl (C=O) groups is 2. The van der Waals surface area contributed by atoms with Crippen LogP contribution in [0.5, 0.6) is 0 Å². The molecule has 2 rings (SSSR count). The van der Waals surface area contributed by atoms with Gasteiger partial charge in [0.1, 0.15) is 5.00 Å². The Morgan fingerprint density at radius 2 is 1.96 bits per heavy atom. The van der Waals surface area contributed by atoms with Crippen LogP contribution in [0.4, 0.5) is 5.00 Å². The second kappa shape index (κ2) is 9.56. The van der Waals surface area contributed by atoms with Gasteiger partial charge >= 0.3 is 5.97 Å². The number of ether oxygens (including phenoxy) is 1. The van der Waals surface area contributed by atoms with Crippen molar-refractivity contribution in [1.29, 1.82) is 0 Å². The molecule has 0 atom stereocenters. The summed E-state index contributed by atoms with van der Waals surface area (Å²) in [4.78, 5) is 26.5. The van der Waals surface area contributed by atoms with E-state index in [4.69, 9.17) is 40.2 Å². The fraction of sp³-hybridized carbons (Fsp3) is 0.278. The monoisotopic (exact) mass is 459 g/mol. The maximum Gasteiger partial charge on any atom is 0.341 e. The van der Waals surface area contributed by atoms with Crippen LogP contribution in [0.2, 0.25) is 10.0 Å². The van der Waals surface area contributed by atoms with Crippen LogP contribution in [0, 0.1) is 6.92 Å². The van der Waals surface area contributed by atoms with Crippen LogP contribution in [-0.2, 0) is 11.3 Å². The molecule has 0 fully saturated rings. The van der Waals surface area contributed by atoms with Crippen molar-refractivity contribution in [3.63, 3.8) is 0 Å². The molecule has 2 aromatic rings. The normalized spacial score (nSPS) is 10.4. The van der Waals surface area contributed by atoms with E-state index in [1.807, 2.05) is 0 Å². The van der Waals surface area contributed by atoms with E-state index in [0.29, 0.717) is 32.0 Å². The van der Waals surface area contributed by atoms with E-state index in [9.17, 15) is 9.59 Å². The fourth-order valence-corrected chi connectivity index (χ4v) is 4.28. The summed E-state index contributed by atoms with van der Waals surface area (Å²) in [6.07, 6.45) is 0. The Bertz CT molecular complexity index is 929. The smallest absolute Gasteiger partial charge is 0.341 e. The molecule has 0 radical (unpaired) electrons. The number of anilines is 1. The Morgan fingerprint density at radius 3 is 2.54 bits per heavy atom. The molecule has 10 heteroatoms. The van der Waals surface area contributed by atoms with Gasteiger partial charge in [-0.25, -0.2) is 4.79 Å². The maximum atomic E-state index is 12.4.